The molecule has 2 saturated heterocycles. The van der Waals surface area contributed by atoms with Crippen LogP contribution in [-0.4, -0.2) is 29.8 Å². The fourth-order valence-corrected chi connectivity index (χ4v) is 3.56. The number of piperidine rings is 1. The van der Waals surface area contributed by atoms with Gasteiger partial charge in [0.25, 0.3) is 0 Å². The molecular formula is C15H19NO. The Balaban J connectivity index is 1.83. The van der Waals surface area contributed by atoms with E-state index in [1.54, 1.807) is 0 Å². The second kappa shape index (κ2) is 4.26. The van der Waals surface area contributed by atoms with Gasteiger partial charge >= 0.3 is 0 Å². The minimum Gasteiger partial charge on any atom is -0.300 e. The van der Waals surface area contributed by atoms with Crippen molar-refractivity contribution in [3.8, 4) is 0 Å². The first-order chi connectivity index (χ1) is 8.27. The van der Waals surface area contributed by atoms with E-state index in [9.17, 15) is 4.79 Å². The van der Waals surface area contributed by atoms with Crippen molar-refractivity contribution < 1.29 is 4.79 Å². The first-order valence-corrected chi connectivity index (χ1v) is 6.58. The van der Waals surface area contributed by atoms with Crippen molar-refractivity contribution in [2.24, 2.45) is 5.92 Å². The molecule has 17 heavy (non-hydrogen) atoms. The van der Waals surface area contributed by atoms with E-state index in [0.29, 0.717) is 11.8 Å². The second-order valence-corrected chi connectivity index (χ2v) is 5.38. The molecule has 0 radical (unpaired) electrons. The standard InChI is InChI=1S/C15H19NO/c1-16-12-7-9-13(14(16)10-8-12)15(17)11-5-3-2-4-6-11/h2-6,12-14H,7-10H2,1H3/t12-,13-,14-/m0/s1. The van der Waals surface area contributed by atoms with E-state index in [-0.39, 0.29) is 5.92 Å². The summed E-state index contributed by atoms with van der Waals surface area (Å²) in [5.74, 6) is 0.573. The molecular weight excluding hydrogens is 210 g/mol. The SMILES string of the molecule is CN1[C@H]2CC[C@H](C(=O)c3ccccc3)[C@@H]1CC2. The lowest BCUT2D eigenvalue weighted by molar-refractivity contribution is 0.0712. The normalized spacial score (nSPS) is 32.6. The third kappa shape index (κ3) is 1.81. The number of Topliss-reactive ketones (excluding diaryl/α,β-unsaturated/α-hetero) is 1. The van der Waals surface area contributed by atoms with Crippen LogP contribution in [0, 0.1) is 5.92 Å². The van der Waals surface area contributed by atoms with E-state index in [1.807, 2.05) is 30.3 Å². The molecule has 3 atom stereocenters. The van der Waals surface area contributed by atoms with E-state index in [2.05, 4.69) is 11.9 Å². The number of rotatable bonds is 2. The minimum atomic E-state index is 0.223. The summed E-state index contributed by atoms with van der Waals surface area (Å²) in [4.78, 5) is 14.9. The van der Waals surface area contributed by atoms with Gasteiger partial charge in [0.15, 0.2) is 5.78 Å². The maximum absolute atomic E-state index is 12.5. The van der Waals surface area contributed by atoms with Gasteiger partial charge in [0, 0.05) is 23.6 Å². The predicted octanol–water partition coefficient (Wildman–Crippen LogP) is 2.74. The summed E-state index contributed by atoms with van der Waals surface area (Å²) < 4.78 is 0. The van der Waals surface area contributed by atoms with E-state index >= 15 is 0 Å². The van der Waals surface area contributed by atoms with Crippen LogP contribution < -0.4 is 0 Å². The molecule has 2 heterocycles. The number of hydrogen-bond donors (Lipinski definition) is 0. The van der Waals surface area contributed by atoms with Crippen LogP contribution in [0.15, 0.2) is 30.3 Å². The Morgan fingerprint density at radius 2 is 1.82 bits per heavy atom. The summed E-state index contributed by atoms with van der Waals surface area (Å²) in [7, 11) is 2.19. The molecule has 1 aromatic rings. The quantitative estimate of drug-likeness (QED) is 0.727. The van der Waals surface area contributed by atoms with Crippen LogP contribution in [0.5, 0.6) is 0 Å². The molecule has 90 valence electrons. The highest BCUT2D eigenvalue weighted by molar-refractivity contribution is 5.98. The fraction of sp³-hybridized carbons (Fsp3) is 0.533. The number of carbonyl (C=O) groups excluding carboxylic acids is 1. The number of nitrogens with zero attached hydrogens (tertiary/aromatic N) is 1. The Hall–Kier alpha value is -1.15. The van der Waals surface area contributed by atoms with Crippen molar-refractivity contribution in [3.63, 3.8) is 0 Å². The van der Waals surface area contributed by atoms with Crippen LogP contribution in [0.4, 0.5) is 0 Å². The van der Waals surface area contributed by atoms with Gasteiger partial charge in [-0.3, -0.25) is 9.69 Å². The van der Waals surface area contributed by atoms with E-state index < -0.39 is 0 Å². The van der Waals surface area contributed by atoms with Crippen LogP contribution in [0.1, 0.15) is 36.0 Å². The van der Waals surface area contributed by atoms with Gasteiger partial charge in [0.1, 0.15) is 0 Å². The molecule has 0 N–H and O–H groups in total. The van der Waals surface area contributed by atoms with E-state index in [1.165, 1.54) is 19.3 Å². The monoisotopic (exact) mass is 229 g/mol. The summed E-state index contributed by atoms with van der Waals surface area (Å²) in [6.45, 7) is 0. The molecule has 2 fully saturated rings. The highest BCUT2D eigenvalue weighted by atomic mass is 16.1. The molecule has 0 saturated carbocycles. The summed E-state index contributed by atoms with van der Waals surface area (Å²) in [5.41, 5.74) is 0.885. The highest BCUT2D eigenvalue weighted by Gasteiger charge is 2.42. The van der Waals surface area contributed by atoms with Gasteiger partial charge in [-0.1, -0.05) is 30.3 Å². The number of ketones is 1. The number of hydrogen-bond acceptors (Lipinski definition) is 2. The molecule has 2 aliphatic rings. The lowest BCUT2D eigenvalue weighted by Gasteiger charge is -2.36. The molecule has 1 aromatic carbocycles. The molecule has 2 heteroatoms. The Morgan fingerprint density at radius 1 is 1.12 bits per heavy atom. The molecule has 0 unspecified atom stereocenters. The maximum Gasteiger partial charge on any atom is 0.167 e. The summed E-state index contributed by atoms with van der Waals surface area (Å²) >= 11 is 0. The zero-order chi connectivity index (χ0) is 11.8. The largest absolute Gasteiger partial charge is 0.300 e. The van der Waals surface area contributed by atoms with E-state index in [4.69, 9.17) is 0 Å². The molecule has 2 bridgehead atoms. The second-order valence-electron chi connectivity index (χ2n) is 5.38. The van der Waals surface area contributed by atoms with Gasteiger partial charge in [-0.15, -0.1) is 0 Å². The number of benzene rings is 1. The highest BCUT2D eigenvalue weighted by Crippen LogP contribution is 2.39. The van der Waals surface area contributed by atoms with Crippen molar-refractivity contribution in [2.45, 2.75) is 37.8 Å². The number of carbonyl (C=O) groups is 1. The first kappa shape index (κ1) is 11.0. The van der Waals surface area contributed by atoms with Gasteiger partial charge in [0.2, 0.25) is 0 Å². The average Bonchev–Trinajstić information content (AvgIpc) is 2.62. The Kier molecular flexibility index (Phi) is 2.75. The minimum absolute atomic E-state index is 0.223. The van der Waals surface area contributed by atoms with Crippen molar-refractivity contribution >= 4 is 5.78 Å². The average molecular weight is 229 g/mol. The van der Waals surface area contributed by atoms with Crippen molar-refractivity contribution in [3.05, 3.63) is 35.9 Å². The molecule has 0 spiro atoms. The molecule has 0 aliphatic carbocycles. The zero-order valence-electron chi connectivity index (χ0n) is 10.3. The summed E-state index contributed by atoms with van der Waals surface area (Å²) in [6.07, 6.45) is 4.74. The zero-order valence-corrected chi connectivity index (χ0v) is 10.3. The molecule has 0 amide bonds. The third-order valence-electron chi connectivity index (χ3n) is 4.57. The van der Waals surface area contributed by atoms with Gasteiger partial charge < -0.3 is 0 Å². The van der Waals surface area contributed by atoms with Crippen molar-refractivity contribution in [2.75, 3.05) is 7.05 Å². The lowest BCUT2D eigenvalue weighted by atomic mass is 9.84. The molecule has 2 nitrogen and oxygen atoms in total. The Morgan fingerprint density at radius 3 is 2.59 bits per heavy atom. The van der Waals surface area contributed by atoms with Gasteiger partial charge in [-0.05, 0) is 32.7 Å². The number of fused-ring (bicyclic) bond motifs is 2. The van der Waals surface area contributed by atoms with Crippen LogP contribution in [0.2, 0.25) is 0 Å². The van der Waals surface area contributed by atoms with Gasteiger partial charge in [0.05, 0.1) is 0 Å². The van der Waals surface area contributed by atoms with Crippen molar-refractivity contribution in [1.29, 1.82) is 0 Å². The van der Waals surface area contributed by atoms with E-state index in [0.717, 1.165) is 18.0 Å². The van der Waals surface area contributed by atoms with Gasteiger partial charge in [-0.25, -0.2) is 0 Å². The van der Waals surface area contributed by atoms with Gasteiger partial charge in [-0.2, -0.15) is 0 Å². The summed E-state index contributed by atoms with van der Waals surface area (Å²) in [6, 6.07) is 11.0. The van der Waals surface area contributed by atoms with Crippen molar-refractivity contribution in [1.82, 2.24) is 4.90 Å². The lowest BCUT2D eigenvalue weighted by Crippen LogP contribution is -2.44. The molecule has 3 rings (SSSR count). The van der Waals surface area contributed by atoms with Crippen LogP contribution in [0.3, 0.4) is 0 Å². The van der Waals surface area contributed by atoms with Crippen LogP contribution in [-0.2, 0) is 0 Å². The van der Waals surface area contributed by atoms with Crippen LogP contribution in [0.25, 0.3) is 0 Å². The smallest absolute Gasteiger partial charge is 0.167 e. The maximum atomic E-state index is 12.5. The van der Waals surface area contributed by atoms with Crippen LogP contribution >= 0.6 is 0 Å². The molecule has 2 aliphatic heterocycles. The Bertz CT molecular complexity index is 414. The molecule has 0 aromatic heterocycles. The first-order valence-electron chi connectivity index (χ1n) is 6.58. The fourth-order valence-electron chi connectivity index (χ4n) is 3.56. The Labute approximate surface area is 103 Å². The predicted molar refractivity (Wildman–Crippen MR) is 68.1 cm³/mol. The summed E-state index contributed by atoms with van der Waals surface area (Å²) in [5, 5.41) is 0. The third-order valence-corrected chi connectivity index (χ3v) is 4.57. The topological polar surface area (TPSA) is 20.3 Å².